The molecule has 2 aromatic rings. The van der Waals surface area contributed by atoms with E-state index < -0.39 is 0 Å². The van der Waals surface area contributed by atoms with Crippen molar-refractivity contribution in [3.63, 3.8) is 0 Å². The van der Waals surface area contributed by atoms with Crippen molar-refractivity contribution >= 4 is 29.2 Å². The summed E-state index contributed by atoms with van der Waals surface area (Å²) in [5.74, 6) is 1.37. The third-order valence-corrected chi connectivity index (χ3v) is 5.42. The largest absolute Gasteiger partial charge is 0.454 e. The molecule has 3 heterocycles. The van der Waals surface area contributed by atoms with Gasteiger partial charge in [-0.25, -0.2) is 0 Å². The zero-order valence-electron chi connectivity index (χ0n) is 14.7. The van der Waals surface area contributed by atoms with Crippen molar-refractivity contribution in [2.75, 3.05) is 19.9 Å². The SMILES string of the molecule is O=C(NC1CCN(C(=O)C=Cc2ccc3c(c2)OCO3)CC1)c1ccsc1. The minimum atomic E-state index is -0.0382. The number of carbonyl (C=O) groups excluding carboxylic acids is 2. The molecule has 0 bridgehead atoms. The molecule has 7 heteroatoms. The molecule has 27 heavy (non-hydrogen) atoms. The van der Waals surface area contributed by atoms with Crippen LogP contribution >= 0.6 is 11.3 Å². The average Bonchev–Trinajstić information content (AvgIpc) is 3.38. The predicted molar refractivity (Wildman–Crippen MR) is 103 cm³/mol. The van der Waals surface area contributed by atoms with Crippen molar-refractivity contribution in [1.29, 1.82) is 0 Å². The second-order valence-electron chi connectivity index (χ2n) is 6.53. The fourth-order valence-corrected chi connectivity index (χ4v) is 3.83. The number of benzene rings is 1. The van der Waals surface area contributed by atoms with Gasteiger partial charge in [-0.3, -0.25) is 9.59 Å². The van der Waals surface area contributed by atoms with Crippen molar-refractivity contribution < 1.29 is 19.1 Å². The maximum Gasteiger partial charge on any atom is 0.252 e. The topological polar surface area (TPSA) is 67.9 Å². The smallest absolute Gasteiger partial charge is 0.252 e. The first-order valence-electron chi connectivity index (χ1n) is 8.89. The molecule has 0 saturated carbocycles. The fourth-order valence-electron chi connectivity index (χ4n) is 3.20. The van der Waals surface area contributed by atoms with E-state index >= 15 is 0 Å². The number of piperidine rings is 1. The van der Waals surface area contributed by atoms with Gasteiger partial charge in [0.1, 0.15) is 0 Å². The summed E-state index contributed by atoms with van der Waals surface area (Å²) < 4.78 is 10.6. The van der Waals surface area contributed by atoms with Gasteiger partial charge >= 0.3 is 0 Å². The first kappa shape index (κ1) is 17.6. The molecule has 0 atom stereocenters. The third kappa shape index (κ3) is 4.14. The lowest BCUT2D eigenvalue weighted by Gasteiger charge is -2.31. The average molecular weight is 384 g/mol. The first-order valence-corrected chi connectivity index (χ1v) is 9.83. The van der Waals surface area contributed by atoms with Crippen LogP contribution in [0.15, 0.2) is 41.1 Å². The number of hydrogen-bond donors (Lipinski definition) is 1. The van der Waals surface area contributed by atoms with Gasteiger partial charge in [-0.2, -0.15) is 11.3 Å². The van der Waals surface area contributed by atoms with Crippen LogP contribution in [0.4, 0.5) is 0 Å². The molecule has 140 valence electrons. The van der Waals surface area contributed by atoms with E-state index in [0.29, 0.717) is 24.4 Å². The lowest BCUT2D eigenvalue weighted by molar-refractivity contribution is -0.126. The van der Waals surface area contributed by atoms with Gasteiger partial charge in [-0.05, 0) is 48.1 Å². The molecule has 0 unspecified atom stereocenters. The van der Waals surface area contributed by atoms with Crippen LogP contribution in [0.3, 0.4) is 0 Å². The lowest BCUT2D eigenvalue weighted by Crippen LogP contribution is -2.46. The highest BCUT2D eigenvalue weighted by atomic mass is 32.1. The summed E-state index contributed by atoms with van der Waals surface area (Å²) in [4.78, 5) is 26.3. The molecule has 0 spiro atoms. The Morgan fingerprint density at radius 3 is 2.74 bits per heavy atom. The molecular formula is C20H20N2O4S. The third-order valence-electron chi connectivity index (χ3n) is 4.74. The predicted octanol–water partition coefficient (Wildman–Crippen LogP) is 2.91. The van der Waals surface area contributed by atoms with Gasteiger partial charge in [-0.15, -0.1) is 0 Å². The van der Waals surface area contributed by atoms with Gasteiger partial charge in [0, 0.05) is 36.2 Å². The highest BCUT2D eigenvalue weighted by Gasteiger charge is 2.23. The van der Waals surface area contributed by atoms with Gasteiger partial charge in [0.2, 0.25) is 12.7 Å². The number of likely N-dealkylation sites (tertiary alicyclic amines) is 1. The Morgan fingerprint density at radius 2 is 1.96 bits per heavy atom. The van der Waals surface area contributed by atoms with Gasteiger partial charge in [0.05, 0.1) is 0 Å². The van der Waals surface area contributed by atoms with Crippen LogP contribution in [0.2, 0.25) is 0 Å². The maximum atomic E-state index is 12.4. The van der Waals surface area contributed by atoms with Crippen molar-refractivity contribution in [2.45, 2.75) is 18.9 Å². The van der Waals surface area contributed by atoms with E-state index in [1.165, 1.54) is 11.3 Å². The monoisotopic (exact) mass is 384 g/mol. The van der Waals surface area contributed by atoms with Crippen LogP contribution in [-0.4, -0.2) is 42.6 Å². The molecule has 2 aliphatic heterocycles. The minimum Gasteiger partial charge on any atom is -0.454 e. The maximum absolute atomic E-state index is 12.4. The van der Waals surface area contributed by atoms with E-state index in [2.05, 4.69) is 5.32 Å². The van der Waals surface area contributed by atoms with Crippen molar-refractivity contribution in [2.24, 2.45) is 0 Å². The lowest BCUT2D eigenvalue weighted by atomic mass is 10.0. The van der Waals surface area contributed by atoms with Crippen LogP contribution in [0, 0.1) is 0 Å². The zero-order chi connectivity index (χ0) is 18.6. The Bertz CT molecular complexity index is 855. The van der Waals surface area contributed by atoms with Gasteiger partial charge in [-0.1, -0.05) is 6.07 Å². The second-order valence-corrected chi connectivity index (χ2v) is 7.31. The Hall–Kier alpha value is -2.80. The normalized spacial score (nSPS) is 16.7. The fraction of sp³-hybridized carbons (Fsp3) is 0.300. The zero-order valence-corrected chi connectivity index (χ0v) is 15.5. The number of hydrogen-bond acceptors (Lipinski definition) is 5. The Kier molecular flexibility index (Phi) is 5.11. The quantitative estimate of drug-likeness (QED) is 0.823. The van der Waals surface area contributed by atoms with Gasteiger partial charge in [0.15, 0.2) is 11.5 Å². The highest BCUT2D eigenvalue weighted by Crippen LogP contribution is 2.32. The summed E-state index contributed by atoms with van der Waals surface area (Å²) in [6, 6.07) is 7.52. The molecule has 1 saturated heterocycles. The standard InChI is InChI=1S/C20H20N2O4S/c23-19(4-2-14-1-3-17-18(11-14)26-13-25-17)22-8-5-16(6-9-22)21-20(24)15-7-10-27-12-15/h1-4,7,10-12,16H,5-6,8-9,13H2,(H,21,24). The number of nitrogens with zero attached hydrogens (tertiary/aromatic N) is 1. The van der Waals surface area contributed by atoms with Crippen LogP contribution in [0.1, 0.15) is 28.8 Å². The summed E-state index contributed by atoms with van der Waals surface area (Å²) in [6.07, 6.45) is 4.90. The molecule has 1 aromatic carbocycles. The number of thiophene rings is 1. The van der Waals surface area contributed by atoms with E-state index in [1.807, 2.05) is 39.9 Å². The van der Waals surface area contributed by atoms with Crippen LogP contribution in [0.5, 0.6) is 11.5 Å². The molecule has 1 aromatic heterocycles. The summed E-state index contributed by atoms with van der Waals surface area (Å²) in [5.41, 5.74) is 1.59. The Balaban J connectivity index is 1.28. The molecule has 2 aliphatic rings. The van der Waals surface area contributed by atoms with Crippen molar-refractivity contribution in [3.8, 4) is 11.5 Å². The van der Waals surface area contributed by atoms with Gasteiger partial charge in [0.25, 0.3) is 5.91 Å². The molecule has 6 nitrogen and oxygen atoms in total. The number of amides is 2. The number of ether oxygens (including phenoxy) is 2. The molecule has 0 aliphatic carbocycles. The number of fused-ring (bicyclic) bond motifs is 1. The summed E-state index contributed by atoms with van der Waals surface area (Å²) in [5, 5.41) is 6.78. The van der Waals surface area contributed by atoms with E-state index in [-0.39, 0.29) is 24.6 Å². The number of nitrogens with one attached hydrogen (secondary N) is 1. The minimum absolute atomic E-state index is 0.0183. The summed E-state index contributed by atoms with van der Waals surface area (Å²) >= 11 is 1.51. The van der Waals surface area contributed by atoms with Crippen molar-refractivity contribution in [1.82, 2.24) is 10.2 Å². The van der Waals surface area contributed by atoms with Gasteiger partial charge < -0.3 is 19.7 Å². The molecule has 2 amide bonds. The number of carbonyl (C=O) groups is 2. The molecule has 1 N–H and O–H groups in total. The summed E-state index contributed by atoms with van der Waals surface area (Å²) in [7, 11) is 0. The molecule has 0 radical (unpaired) electrons. The Labute approximate surface area is 161 Å². The van der Waals surface area contributed by atoms with Crippen LogP contribution in [-0.2, 0) is 4.79 Å². The molecule has 4 rings (SSSR count). The van der Waals surface area contributed by atoms with E-state index in [4.69, 9.17) is 9.47 Å². The van der Waals surface area contributed by atoms with Crippen LogP contribution < -0.4 is 14.8 Å². The second kappa shape index (κ2) is 7.84. The summed E-state index contributed by atoms with van der Waals surface area (Å²) in [6.45, 7) is 1.51. The van der Waals surface area contributed by atoms with E-state index in [0.717, 1.165) is 24.2 Å². The van der Waals surface area contributed by atoms with Crippen molar-refractivity contribution in [3.05, 3.63) is 52.2 Å². The molecular weight excluding hydrogens is 364 g/mol. The Morgan fingerprint density at radius 1 is 1.15 bits per heavy atom. The first-order chi connectivity index (χ1) is 13.2. The highest BCUT2D eigenvalue weighted by molar-refractivity contribution is 7.08. The number of rotatable bonds is 4. The van der Waals surface area contributed by atoms with E-state index in [9.17, 15) is 9.59 Å². The van der Waals surface area contributed by atoms with Crippen LogP contribution in [0.25, 0.3) is 6.08 Å². The molecule has 1 fully saturated rings. The van der Waals surface area contributed by atoms with E-state index in [1.54, 1.807) is 12.2 Å².